The minimum absolute atomic E-state index is 0.0773. The van der Waals surface area contributed by atoms with Crippen molar-refractivity contribution in [2.24, 2.45) is 5.92 Å². The number of ether oxygens (including phenoxy) is 1. The van der Waals surface area contributed by atoms with Crippen molar-refractivity contribution in [2.75, 3.05) is 6.61 Å². The average molecular weight is 419 g/mol. The number of benzene rings is 2. The Kier molecular flexibility index (Phi) is 5.52. The molecular formula is C26H30N2O3. The smallest absolute Gasteiger partial charge is 0.174 e. The van der Waals surface area contributed by atoms with Crippen LogP contribution in [0.25, 0.3) is 22.6 Å². The quantitative estimate of drug-likeness (QED) is 0.377. The Morgan fingerprint density at radius 3 is 2.61 bits per heavy atom. The summed E-state index contributed by atoms with van der Waals surface area (Å²) in [4.78, 5) is 8.08. The van der Waals surface area contributed by atoms with E-state index in [4.69, 9.17) is 14.1 Å². The van der Waals surface area contributed by atoms with Crippen molar-refractivity contribution >= 4 is 11.0 Å². The van der Waals surface area contributed by atoms with Crippen LogP contribution in [0.2, 0.25) is 0 Å². The lowest BCUT2D eigenvalue weighted by Crippen LogP contribution is -2.10. The Labute approximate surface area is 183 Å². The molecule has 5 heteroatoms. The summed E-state index contributed by atoms with van der Waals surface area (Å²) in [5, 5.41) is 9.94. The third kappa shape index (κ3) is 4.76. The fourth-order valence-corrected chi connectivity index (χ4v) is 3.48. The fourth-order valence-electron chi connectivity index (χ4n) is 3.48. The molecule has 0 spiro atoms. The summed E-state index contributed by atoms with van der Waals surface area (Å²) in [5.41, 5.74) is 4.14. The third-order valence-electron chi connectivity index (χ3n) is 5.22. The molecule has 0 bridgehead atoms. The maximum Gasteiger partial charge on any atom is 0.174 e. The standard InChI is InChI=1S/C26H30N2O3/c1-16(2)15-30-23-10-7-19(29)12-17(23)13-20-8-11-24(31-20)25-27-21-9-6-18(26(3,4)5)14-22(21)28-25/h6-12,14,16,29H,13,15H2,1-5H3,(H,27,28). The van der Waals surface area contributed by atoms with Crippen LogP contribution in [0.15, 0.2) is 52.9 Å². The van der Waals surface area contributed by atoms with E-state index in [0.29, 0.717) is 30.5 Å². The van der Waals surface area contributed by atoms with E-state index < -0.39 is 0 Å². The second kappa shape index (κ2) is 8.14. The van der Waals surface area contributed by atoms with Gasteiger partial charge >= 0.3 is 0 Å². The number of hydrogen-bond donors (Lipinski definition) is 2. The van der Waals surface area contributed by atoms with Crippen LogP contribution in [-0.4, -0.2) is 21.7 Å². The summed E-state index contributed by atoms with van der Waals surface area (Å²) < 4.78 is 12.0. The summed E-state index contributed by atoms with van der Waals surface area (Å²) in [6.45, 7) is 11.4. The summed E-state index contributed by atoms with van der Waals surface area (Å²) >= 11 is 0. The van der Waals surface area contributed by atoms with Crippen LogP contribution in [0.1, 0.15) is 51.5 Å². The first-order chi connectivity index (χ1) is 14.7. The number of nitrogens with one attached hydrogen (secondary N) is 1. The molecule has 0 atom stereocenters. The topological polar surface area (TPSA) is 71.3 Å². The molecule has 0 saturated carbocycles. The first-order valence-corrected chi connectivity index (χ1v) is 10.7. The second-order valence-electron chi connectivity index (χ2n) is 9.51. The molecule has 0 fully saturated rings. The maximum absolute atomic E-state index is 9.94. The first kappa shape index (κ1) is 21.0. The molecule has 4 rings (SSSR count). The number of phenolic OH excluding ortho intramolecular Hbond substituents is 1. The van der Waals surface area contributed by atoms with Gasteiger partial charge in [-0.25, -0.2) is 4.98 Å². The minimum Gasteiger partial charge on any atom is -0.508 e. The van der Waals surface area contributed by atoms with Crippen LogP contribution in [0.4, 0.5) is 0 Å². The van der Waals surface area contributed by atoms with E-state index in [1.807, 2.05) is 24.3 Å². The number of aromatic nitrogens is 2. The van der Waals surface area contributed by atoms with Gasteiger partial charge < -0.3 is 19.2 Å². The first-order valence-electron chi connectivity index (χ1n) is 10.7. The van der Waals surface area contributed by atoms with E-state index in [-0.39, 0.29) is 11.2 Å². The molecular weight excluding hydrogens is 388 g/mol. The molecule has 31 heavy (non-hydrogen) atoms. The Morgan fingerprint density at radius 1 is 1.06 bits per heavy atom. The van der Waals surface area contributed by atoms with Gasteiger partial charge in [0, 0.05) is 12.0 Å². The fraction of sp³-hybridized carbons (Fsp3) is 0.346. The van der Waals surface area contributed by atoms with Crippen LogP contribution in [-0.2, 0) is 11.8 Å². The van der Waals surface area contributed by atoms with Crippen LogP contribution >= 0.6 is 0 Å². The Bertz CT molecular complexity index is 1200. The Hall–Kier alpha value is -3.21. The molecule has 0 aliphatic carbocycles. The lowest BCUT2D eigenvalue weighted by Gasteiger charge is -2.18. The van der Waals surface area contributed by atoms with E-state index in [0.717, 1.165) is 28.1 Å². The number of fused-ring (bicyclic) bond motifs is 1. The predicted molar refractivity (Wildman–Crippen MR) is 124 cm³/mol. The highest BCUT2D eigenvalue weighted by Gasteiger charge is 2.17. The number of hydrogen-bond acceptors (Lipinski definition) is 4. The molecule has 0 amide bonds. The number of imidazole rings is 1. The van der Waals surface area contributed by atoms with E-state index in [9.17, 15) is 5.11 Å². The van der Waals surface area contributed by atoms with Gasteiger partial charge in [-0.05, 0) is 59.4 Å². The van der Waals surface area contributed by atoms with Gasteiger partial charge in [-0.3, -0.25) is 0 Å². The minimum atomic E-state index is 0.0773. The van der Waals surface area contributed by atoms with Crippen LogP contribution < -0.4 is 4.74 Å². The number of furan rings is 1. The molecule has 5 nitrogen and oxygen atoms in total. The molecule has 4 aromatic rings. The van der Waals surface area contributed by atoms with E-state index >= 15 is 0 Å². The van der Waals surface area contributed by atoms with Crippen LogP contribution in [0.3, 0.4) is 0 Å². The van der Waals surface area contributed by atoms with Gasteiger partial charge in [0.15, 0.2) is 11.6 Å². The normalized spacial score (nSPS) is 12.1. The average Bonchev–Trinajstić information content (AvgIpc) is 3.32. The summed E-state index contributed by atoms with van der Waals surface area (Å²) in [6, 6.07) is 15.4. The SMILES string of the molecule is CC(C)COc1ccc(O)cc1Cc1ccc(-c2nc3ccc(C(C)(C)C)cc3[nH]2)o1. The molecule has 0 aliphatic heterocycles. The highest BCUT2D eigenvalue weighted by atomic mass is 16.5. The summed E-state index contributed by atoms with van der Waals surface area (Å²) in [6.07, 6.45) is 0.524. The van der Waals surface area contributed by atoms with Crippen LogP contribution in [0.5, 0.6) is 11.5 Å². The van der Waals surface area contributed by atoms with Gasteiger partial charge in [0.1, 0.15) is 17.3 Å². The number of rotatable bonds is 6. The number of H-pyrrole nitrogens is 1. The number of nitrogens with zero attached hydrogens (tertiary/aromatic N) is 1. The van der Waals surface area contributed by atoms with Gasteiger partial charge in [-0.15, -0.1) is 0 Å². The van der Waals surface area contributed by atoms with Crippen molar-refractivity contribution in [1.82, 2.24) is 9.97 Å². The van der Waals surface area contributed by atoms with Crippen molar-refractivity contribution in [3.63, 3.8) is 0 Å². The van der Waals surface area contributed by atoms with Gasteiger partial charge in [-0.2, -0.15) is 0 Å². The zero-order valence-corrected chi connectivity index (χ0v) is 18.8. The Balaban J connectivity index is 1.58. The van der Waals surface area contributed by atoms with E-state index in [2.05, 4.69) is 51.7 Å². The van der Waals surface area contributed by atoms with E-state index in [1.54, 1.807) is 12.1 Å². The molecule has 2 heterocycles. The second-order valence-corrected chi connectivity index (χ2v) is 9.51. The summed E-state index contributed by atoms with van der Waals surface area (Å²) in [5.74, 6) is 3.58. The molecule has 0 radical (unpaired) electrons. The molecule has 0 aliphatic rings. The van der Waals surface area contributed by atoms with Crippen molar-refractivity contribution in [1.29, 1.82) is 0 Å². The zero-order chi connectivity index (χ0) is 22.2. The lowest BCUT2D eigenvalue weighted by molar-refractivity contribution is 0.268. The molecule has 0 saturated heterocycles. The zero-order valence-electron chi connectivity index (χ0n) is 18.8. The highest BCUT2D eigenvalue weighted by Crippen LogP contribution is 2.30. The van der Waals surface area contributed by atoms with Crippen molar-refractivity contribution < 1.29 is 14.3 Å². The van der Waals surface area contributed by atoms with Crippen molar-refractivity contribution in [3.05, 3.63) is 65.4 Å². The number of aromatic amines is 1. The molecule has 2 N–H and O–H groups in total. The van der Waals surface area contributed by atoms with Gasteiger partial charge in [0.25, 0.3) is 0 Å². The van der Waals surface area contributed by atoms with Crippen LogP contribution in [0, 0.1) is 5.92 Å². The molecule has 0 unspecified atom stereocenters. The van der Waals surface area contributed by atoms with Gasteiger partial charge in [0.2, 0.25) is 0 Å². The lowest BCUT2D eigenvalue weighted by atomic mass is 9.87. The van der Waals surface area contributed by atoms with Crippen molar-refractivity contribution in [2.45, 2.75) is 46.5 Å². The monoisotopic (exact) mass is 418 g/mol. The number of phenols is 1. The summed E-state index contributed by atoms with van der Waals surface area (Å²) in [7, 11) is 0. The molecule has 2 aromatic heterocycles. The predicted octanol–water partition coefficient (Wildman–Crippen LogP) is 6.45. The number of aromatic hydroxyl groups is 1. The van der Waals surface area contributed by atoms with Crippen molar-refractivity contribution in [3.8, 4) is 23.1 Å². The highest BCUT2D eigenvalue weighted by molar-refractivity contribution is 5.79. The Morgan fingerprint density at radius 2 is 1.87 bits per heavy atom. The molecule has 162 valence electrons. The van der Waals surface area contributed by atoms with E-state index in [1.165, 1.54) is 5.56 Å². The maximum atomic E-state index is 9.94. The molecule has 2 aromatic carbocycles. The third-order valence-corrected chi connectivity index (χ3v) is 5.22. The van der Waals surface area contributed by atoms with Gasteiger partial charge in [-0.1, -0.05) is 40.7 Å². The largest absolute Gasteiger partial charge is 0.508 e. The van der Waals surface area contributed by atoms with Gasteiger partial charge in [0.05, 0.1) is 17.6 Å².